The average Bonchev–Trinajstić information content (AvgIpc) is 2.58. The van der Waals surface area contributed by atoms with E-state index in [1.54, 1.807) is 11.8 Å². The molecular formula is C8H17N5O. The van der Waals surface area contributed by atoms with Gasteiger partial charge in [0.1, 0.15) is 0 Å². The predicted octanol–water partition coefficient (Wildman–Crippen LogP) is -0.183. The molecule has 0 spiro atoms. The second-order valence-corrected chi connectivity index (χ2v) is 3.35. The highest BCUT2D eigenvalue weighted by Crippen LogP contribution is 1.92. The van der Waals surface area contributed by atoms with E-state index in [0.717, 1.165) is 5.82 Å². The Hall–Kier alpha value is -1.01. The highest BCUT2D eigenvalue weighted by Gasteiger charge is 2.05. The van der Waals surface area contributed by atoms with Gasteiger partial charge in [0.25, 0.3) is 0 Å². The van der Waals surface area contributed by atoms with Crippen molar-refractivity contribution in [2.75, 3.05) is 13.7 Å². The molecule has 0 unspecified atom stereocenters. The van der Waals surface area contributed by atoms with Gasteiger partial charge in [-0.2, -0.15) is 0 Å². The van der Waals surface area contributed by atoms with Crippen LogP contribution in [0.1, 0.15) is 19.7 Å². The van der Waals surface area contributed by atoms with Crippen molar-refractivity contribution in [2.24, 2.45) is 0 Å². The largest absolute Gasteiger partial charge is 0.383 e. The SMILES string of the molecule is COCCn1nnnc1CNC(C)C. The molecule has 6 nitrogen and oxygen atoms in total. The Morgan fingerprint density at radius 3 is 2.93 bits per heavy atom. The normalized spacial score (nSPS) is 11.1. The molecule has 1 N–H and O–H groups in total. The zero-order valence-electron chi connectivity index (χ0n) is 8.90. The molecule has 0 aliphatic heterocycles. The lowest BCUT2D eigenvalue weighted by Gasteiger charge is -2.07. The number of ether oxygens (including phenoxy) is 1. The standard InChI is InChI=1S/C8H17N5O/c1-7(2)9-6-8-10-11-12-13(8)4-5-14-3/h7,9H,4-6H2,1-3H3. The first kappa shape index (κ1) is 11.1. The molecule has 0 atom stereocenters. The van der Waals surface area contributed by atoms with E-state index in [-0.39, 0.29) is 0 Å². The zero-order valence-corrected chi connectivity index (χ0v) is 8.90. The monoisotopic (exact) mass is 199 g/mol. The molecule has 0 radical (unpaired) electrons. The molecule has 0 aliphatic rings. The summed E-state index contributed by atoms with van der Waals surface area (Å²) in [7, 11) is 1.66. The van der Waals surface area contributed by atoms with E-state index >= 15 is 0 Å². The van der Waals surface area contributed by atoms with Crippen LogP contribution in [0.3, 0.4) is 0 Å². The summed E-state index contributed by atoms with van der Waals surface area (Å²) >= 11 is 0. The molecule has 1 aromatic heterocycles. The molecule has 80 valence electrons. The van der Waals surface area contributed by atoms with Gasteiger partial charge in [-0.25, -0.2) is 4.68 Å². The first-order valence-electron chi connectivity index (χ1n) is 4.71. The summed E-state index contributed by atoms with van der Waals surface area (Å²) in [6, 6.07) is 0.433. The highest BCUT2D eigenvalue weighted by molar-refractivity contribution is 4.80. The Balaban J connectivity index is 2.45. The molecule has 0 saturated heterocycles. The van der Waals surface area contributed by atoms with Crippen LogP contribution in [0, 0.1) is 0 Å². The first-order chi connectivity index (χ1) is 6.74. The third kappa shape index (κ3) is 3.39. The van der Waals surface area contributed by atoms with Gasteiger partial charge in [0, 0.05) is 13.2 Å². The summed E-state index contributed by atoms with van der Waals surface area (Å²) < 4.78 is 6.71. The second kappa shape index (κ2) is 5.66. The lowest BCUT2D eigenvalue weighted by molar-refractivity contribution is 0.181. The van der Waals surface area contributed by atoms with Crippen molar-refractivity contribution in [3.05, 3.63) is 5.82 Å². The molecule has 6 heteroatoms. The van der Waals surface area contributed by atoms with Crippen molar-refractivity contribution in [1.29, 1.82) is 0 Å². The van der Waals surface area contributed by atoms with Gasteiger partial charge in [0.05, 0.1) is 19.7 Å². The van der Waals surface area contributed by atoms with Crippen LogP contribution in [0.5, 0.6) is 0 Å². The van der Waals surface area contributed by atoms with E-state index in [2.05, 4.69) is 34.7 Å². The Morgan fingerprint density at radius 2 is 2.29 bits per heavy atom. The number of hydrogen-bond donors (Lipinski definition) is 1. The Bertz CT molecular complexity index is 260. The van der Waals surface area contributed by atoms with Crippen molar-refractivity contribution in [3.8, 4) is 0 Å². The van der Waals surface area contributed by atoms with E-state index in [9.17, 15) is 0 Å². The van der Waals surface area contributed by atoms with E-state index in [4.69, 9.17) is 4.74 Å². The number of nitrogens with one attached hydrogen (secondary N) is 1. The molecule has 14 heavy (non-hydrogen) atoms. The van der Waals surface area contributed by atoms with Gasteiger partial charge in [-0.05, 0) is 10.4 Å². The molecule has 0 saturated carbocycles. The number of hydrogen-bond acceptors (Lipinski definition) is 5. The fourth-order valence-electron chi connectivity index (χ4n) is 0.997. The van der Waals surface area contributed by atoms with Crippen LogP contribution >= 0.6 is 0 Å². The maximum Gasteiger partial charge on any atom is 0.165 e. The fraction of sp³-hybridized carbons (Fsp3) is 0.875. The minimum Gasteiger partial charge on any atom is -0.383 e. The number of rotatable bonds is 6. The van der Waals surface area contributed by atoms with Gasteiger partial charge in [0.2, 0.25) is 0 Å². The van der Waals surface area contributed by atoms with Gasteiger partial charge >= 0.3 is 0 Å². The Labute approximate surface area is 83.6 Å². The minimum absolute atomic E-state index is 0.433. The molecule has 0 amide bonds. The fourth-order valence-corrected chi connectivity index (χ4v) is 0.997. The van der Waals surface area contributed by atoms with Crippen molar-refractivity contribution in [1.82, 2.24) is 25.5 Å². The molecule has 1 heterocycles. The zero-order chi connectivity index (χ0) is 10.4. The summed E-state index contributed by atoms with van der Waals surface area (Å²) in [5.41, 5.74) is 0. The van der Waals surface area contributed by atoms with Gasteiger partial charge in [0.15, 0.2) is 5.82 Å². The predicted molar refractivity (Wildman–Crippen MR) is 51.7 cm³/mol. The molecule has 0 bridgehead atoms. The van der Waals surface area contributed by atoms with E-state index in [1.807, 2.05) is 0 Å². The number of methoxy groups -OCH3 is 1. The van der Waals surface area contributed by atoms with Crippen LogP contribution in [0.4, 0.5) is 0 Å². The molecule has 0 aromatic carbocycles. The van der Waals surface area contributed by atoms with E-state index in [1.165, 1.54) is 0 Å². The van der Waals surface area contributed by atoms with Gasteiger partial charge in [-0.1, -0.05) is 13.8 Å². The quantitative estimate of drug-likeness (QED) is 0.688. The maximum absolute atomic E-state index is 4.96. The van der Waals surface area contributed by atoms with Crippen LogP contribution < -0.4 is 5.32 Å². The first-order valence-corrected chi connectivity index (χ1v) is 4.71. The Kier molecular flexibility index (Phi) is 4.48. The maximum atomic E-state index is 4.96. The van der Waals surface area contributed by atoms with Crippen molar-refractivity contribution in [3.63, 3.8) is 0 Å². The number of tetrazole rings is 1. The summed E-state index contributed by atoms with van der Waals surface area (Å²) in [5, 5.41) is 14.7. The minimum atomic E-state index is 0.433. The topological polar surface area (TPSA) is 64.9 Å². The summed E-state index contributed by atoms with van der Waals surface area (Å²) in [4.78, 5) is 0. The van der Waals surface area contributed by atoms with Crippen LogP contribution in [0.25, 0.3) is 0 Å². The Morgan fingerprint density at radius 1 is 1.50 bits per heavy atom. The molecule has 0 aliphatic carbocycles. The lowest BCUT2D eigenvalue weighted by Crippen LogP contribution is -2.24. The third-order valence-corrected chi connectivity index (χ3v) is 1.78. The van der Waals surface area contributed by atoms with Crippen LogP contribution in [0.15, 0.2) is 0 Å². The van der Waals surface area contributed by atoms with Crippen molar-refractivity contribution in [2.45, 2.75) is 33.0 Å². The number of aromatic nitrogens is 4. The van der Waals surface area contributed by atoms with Crippen molar-refractivity contribution >= 4 is 0 Å². The lowest BCUT2D eigenvalue weighted by atomic mass is 10.4. The summed E-state index contributed by atoms with van der Waals surface area (Å²) in [6.07, 6.45) is 0. The van der Waals surface area contributed by atoms with E-state index in [0.29, 0.717) is 25.7 Å². The molecule has 1 rings (SSSR count). The molecular weight excluding hydrogens is 182 g/mol. The van der Waals surface area contributed by atoms with Crippen LogP contribution in [0.2, 0.25) is 0 Å². The third-order valence-electron chi connectivity index (χ3n) is 1.78. The highest BCUT2D eigenvalue weighted by atomic mass is 16.5. The van der Waals surface area contributed by atoms with Crippen molar-refractivity contribution < 1.29 is 4.74 Å². The molecule has 0 fully saturated rings. The summed E-state index contributed by atoms with van der Waals surface area (Å²) in [6.45, 7) is 6.18. The van der Waals surface area contributed by atoms with Gasteiger partial charge in [-0.3, -0.25) is 0 Å². The van der Waals surface area contributed by atoms with Crippen LogP contribution in [-0.2, 0) is 17.8 Å². The van der Waals surface area contributed by atoms with Gasteiger partial charge < -0.3 is 10.1 Å². The molecule has 1 aromatic rings. The average molecular weight is 199 g/mol. The van der Waals surface area contributed by atoms with Crippen LogP contribution in [-0.4, -0.2) is 40.0 Å². The second-order valence-electron chi connectivity index (χ2n) is 3.35. The number of nitrogens with zero attached hydrogens (tertiary/aromatic N) is 4. The van der Waals surface area contributed by atoms with E-state index < -0.39 is 0 Å². The van der Waals surface area contributed by atoms with Gasteiger partial charge in [-0.15, -0.1) is 5.10 Å². The smallest absolute Gasteiger partial charge is 0.165 e. The summed E-state index contributed by atoms with van der Waals surface area (Å²) in [5.74, 6) is 0.843.